The zero-order chi connectivity index (χ0) is 19.7. The van der Waals surface area contributed by atoms with Gasteiger partial charge in [-0.05, 0) is 24.6 Å². The predicted octanol–water partition coefficient (Wildman–Crippen LogP) is 1.81. The maximum absolute atomic E-state index is 14.0. The number of hydrogen-bond donors (Lipinski definition) is 2. The topological polar surface area (TPSA) is 105 Å². The van der Waals surface area contributed by atoms with Gasteiger partial charge in [0.2, 0.25) is 11.8 Å². The van der Waals surface area contributed by atoms with E-state index in [1.165, 1.54) is 4.90 Å². The molecule has 27 heavy (non-hydrogen) atoms. The number of nitrogens with zero attached hydrogens (tertiary/aromatic N) is 3. The molecule has 1 fully saturated rings. The molecule has 2 N–H and O–H groups in total. The maximum Gasteiger partial charge on any atom is 0.335 e. The summed E-state index contributed by atoms with van der Waals surface area (Å²) in [4.78, 5) is 37.6. The minimum Gasteiger partial charge on any atom is -0.478 e. The number of aromatic nitrogens is 2. The molecule has 0 spiro atoms. The number of carboxylic acids is 1. The summed E-state index contributed by atoms with van der Waals surface area (Å²) < 4.78 is 15.6. The molecule has 142 valence electrons. The van der Waals surface area contributed by atoms with Gasteiger partial charge < -0.3 is 15.3 Å². The molecule has 2 atom stereocenters. The molecule has 0 radical (unpaired) electrons. The third-order valence-electron chi connectivity index (χ3n) is 4.74. The van der Waals surface area contributed by atoms with Crippen molar-refractivity contribution in [3.63, 3.8) is 0 Å². The number of hydrogen-bond acceptors (Lipinski definition) is 4. The molecule has 2 aromatic rings. The van der Waals surface area contributed by atoms with Crippen LogP contribution in [0.2, 0.25) is 0 Å². The third-order valence-corrected chi connectivity index (χ3v) is 4.74. The molecule has 1 aliphatic rings. The van der Waals surface area contributed by atoms with Crippen LogP contribution < -0.4 is 5.32 Å². The summed E-state index contributed by atoms with van der Waals surface area (Å²) in [6.07, 6.45) is 3.81. The van der Waals surface area contributed by atoms with Crippen molar-refractivity contribution in [3.8, 4) is 0 Å². The van der Waals surface area contributed by atoms with Gasteiger partial charge in [0.25, 0.3) is 0 Å². The monoisotopic (exact) mass is 374 g/mol. The number of amides is 2. The second kappa shape index (κ2) is 7.18. The van der Waals surface area contributed by atoms with Crippen molar-refractivity contribution in [2.45, 2.75) is 18.9 Å². The molecule has 1 aliphatic heterocycles. The van der Waals surface area contributed by atoms with Gasteiger partial charge in [0.1, 0.15) is 5.82 Å². The first-order valence-electron chi connectivity index (χ1n) is 8.36. The average molecular weight is 374 g/mol. The molecule has 1 aromatic heterocycles. The van der Waals surface area contributed by atoms with E-state index in [4.69, 9.17) is 5.11 Å². The van der Waals surface area contributed by atoms with Gasteiger partial charge in [-0.2, -0.15) is 5.10 Å². The van der Waals surface area contributed by atoms with Gasteiger partial charge in [-0.3, -0.25) is 14.3 Å². The zero-order valence-electron chi connectivity index (χ0n) is 14.8. The van der Waals surface area contributed by atoms with Crippen LogP contribution in [0.4, 0.5) is 10.1 Å². The lowest BCUT2D eigenvalue weighted by molar-refractivity contribution is -0.140. The normalized spacial score (nSPS) is 19.8. The Hall–Kier alpha value is -3.23. The molecule has 2 unspecified atom stereocenters. The first kappa shape index (κ1) is 18.6. The Labute approximate surface area is 154 Å². The number of carbonyl (C=O) groups excluding carboxylic acids is 2. The number of piperidine rings is 1. The molecule has 1 saturated heterocycles. The van der Waals surface area contributed by atoms with Gasteiger partial charge in [0.05, 0.1) is 29.4 Å². The van der Waals surface area contributed by atoms with E-state index >= 15 is 0 Å². The standard InChI is InChI=1S/C18H19FN4O4/c1-22-9-11(8-20-22)16-12(4-6-15(24)23(16)2)17(25)21-14-7-10(18(26)27)3-5-13(14)19/h3,5,7-9,12,16H,4,6H2,1-2H3,(H,21,25)(H,26,27). The zero-order valence-corrected chi connectivity index (χ0v) is 14.8. The molecule has 1 aromatic carbocycles. The van der Waals surface area contributed by atoms with Gasteiger partial charge in [-0.25, -0.2) is 9.18 Å². The van der Waals surface area contributed by atoms with E-state index in [-0.39, 0.29) is 23.6 Å². The summed E-state index contributed by atoms with van der Waals surface area (Å²) in [5.41, 5.74) is 0.365. The molecular formula is C18H19FN4O4. The van der Waals surface area contributed by atoms with Gasteiger partial charge in [0, 0.05) is 32.3 Å². The van der Waals surface area contributed by atoms with E-state index in [0.29, 0.717) is 12.0 Å². The number of carbonyl (C=O) groups is 3. The van der Waals surface area contributed by atoms with Crippen LogP contribution >= 0.6 is 0 Å². The van der Waals surface area contributed by atoms with Crippen molar-refractivity contribution in [1.82, 2.24) is 14.7 Å². The van der Waals surface area contributed by atoms with E-state index in [1.807, 2.05) is 0 Å². The Kier molecular flexibility index (Phi) is 4.93. The first-order chi connectivity index (χ1) is 12.8. The molecule has 0 saturated carbocycles. The highest BCUT2D eigenvalue weighted by molar-refractivity contribution is 5.96. The summed E-state index contributed by atoms with van der Waals surface area (Å²) >= 11 is 0. The van der Waals surface area contributed by atoms with Crippen LogP contribution in [0.15, 0.2) is 30.6 Å². The molecule has 3 rings (SSSR count). The lowest BCUT2D eigenvalue weighted by Gasteiger charge is -2.37. The summed E-state index contributed by atoms with van der Waals surface area (Å²) in [5, 5.41) is 15.6. The summed E-state index contributed by atoms with van der Waals surface area (Å²) in [6.45, 7) is 0. The largest absolute Gasteiger partial charge is 0.478 e. The maximum atomic E-state index is 14.0. The number of likely N-dealkylation sites (tertiary alicyclic amines) is 1. The van der Waals surface area contributed by atoms with E-state index in [2.05, 4.69) is 10.4 Å². The lowest BCUT2D eigenvalue weighted by Crippen LogP contribution is -2.44. The number of carboxylic acid groups (broad SMARTS) is 1. The third kappa shape index (κ3) is 3.67. The Morgan fingerprint density at radius 1 is 1.33 bits per heavy atom. The number of halogens is 1. The molecule has 9 heteroatoms. The second-order valence-electron chi connectivity index (χ2n) is 6.53. The second-order valence-corrected chi connectivity index (χ2v) is 6.53. The van der Waals surface area contributed by atoms with Crippen molar-refractivity contribution >= 4 is 23.5 Å². The van der Waals surface area contributed by atoms with Gasteiger partial charge in [-0.1, -0.05) is 0 Å². The molecule has 2 heterocycles. The smallest absolute Gasteiger partial charge is 0.335 e. The highest BCUT2D eigenvalue weighted by atomic mass is 19.1. The van der Waals surface area contributed by atoms with Crippen LogP contribution in [0, 0.1) is 11.7 Å². The molecular weight excluding hydrogens is 355 g/mol. The SMILES string of the molecule is CN1C(=O)CCC(C(=O)Nc2cc(C(=O)O)ccc2F)C1c1cnn(C)c1. The van der Waals surface area contributed by atoms with Gasteiger partial charge >= 0.3 is 5.97 Å². The molecule has 0 aliphatic carbocycles. The van der Waals surface area contributed by atoms with Crippen molar-refractivity contribution in [1.29, 1.82) is 0 Å². The number of nitrogens with one attached hydrogen (secondary N) is 1. The minimum atomic E-state index is -1.22. The highest BCUT2D eigenvalue weighted by Gasteiger charge is 2.39. The van der Waals surface area contributed by atoms with Crippen LogP contribution in [0.1, 0.15) is 34.8 Å². The van der Waals surface area contributed by atoms with Crippen LogP contribution in [0.3, 0.4) is 0 Å². The first-order valence-corrected chi connectivity index (χ1v) is 8.36. The molecule has 8 nitrogen and oxygen atoms in total. The number of anilines is 1. The summed E-state index contributed by atoms with van der Waals surface area (Å²) in [7, 11) is 3.35. The van der Waals surface area contributed by atoms with E-state index in [9.17, 15) is 18.8 Å². The Balaban J connectivity index is 1.89. The quantitative estimate of drug-likeness (QED) is 0.849. The number of aryl methyl sites for hydroxylation is 1. The number of rotatable bonds is 4. The van der Waals surface area contributed by atoms with E-state index in [0.717, 1.165) is 18.2 Å². The fourth-order valence-electron chi connectivity index (χ4n) is 3.34. The number of benzene rings is 1. The predicted molar refractivity (Wildman–Crippen MR) is 93.4 cm³/mol. The minimum absolute atomic E-state index is 0.0908. The van der Waals surface area contributed by atoms with Crippen molar-refractivity contribution in [2.75, 3.05) is 12.4 Å². The Morgan fingerprint density at radius 3 is 2.70 bits per heavy atom. The number of aromatic carboxylic acids is 1. The Bertz CT molecular complexity index is 911. The summed E-state index contributed by atoms with van der Waals surface area (Å²) in [5.74, 6) is -3.14. The molecule has 0 bridgehead atoms. The summed E-state index contributed by atoms with van der Waals surface area (Å²) in [6, 6.07) is 2.66. The fraction of sp³-hybridized carbons (Fsp3) is 0.333. The van der Waals surface area contributed by atoms with Gasteiger partial charge in [-0.15, -0.1) is 0 Å². The van der Waals surface area contributed by atoms with Crippen LogP contribution in [-0.4, -0.2) is 44.6 Å². The average Bonchev–Trinajstić information content (AvgIpc) is 3.04. The van der Waals surface area contributed by atoms with E-state index < -0.39 is 29.7 Å². The Morgan fingerprint density at radius 2 is 2.07 bits per heavy atom. The van der Waals surface area contributed by atoms with Crippen molar-refractivity contribution < 1.29 is 23.9 Å². The van der Waals surface area contributed by atoms with Crippen LogP contribution in [-0.2, 0) is 16.6 Å². The van der Waals surface area contributed by atoms with Crippen LogP contribution in [0.25, 0.3) is 0 Å². The van der Waals surface area contributed by atoms with E-state index in [1.54, 1.807) is 31.2 Å². The van der Waals surface area contributed by atoms with Crippen molar-refractivity contribution in [3.05, 3.63) is 47.5 Å². The van der Waals surface area contributed by atoms with Crippen LogP contribution in [0.5, 0.6) is 0 Å². The van der Waals surface area contributed by atoms with Crippen molar-refractivity contribution in [2.24, 2.45) is 13.0 Å². The van der Waals surface area contributed by atoms with Gasteiger partial charge in [0.15, 0.2) is 0 Å². The highest BCUT2D eigenvalue weighted by Crippen LogP contribution is 2.36. The molecule has 2 amide bonds. The fourth-order valence-corrected chi connectivity index (χ4v) is 3.34. The lowest BCUT2D eigenvalue weighted by atomic mass is 9.85.